The van der Waals surface area contributed by atoms with Crippen LogP contribution in [-0.2, 0) is 6.42 Å². The van der Waals surface area contributed by atoms with Crippen LogP contribution in [0.1, 0.15) is 185 Å². The van der Waals surface area contributed by atoms with Crippen LogP contribution in [0.4, 0.5) is 0 Å². The standard InChI is InChI=1S/C37H66O6/c1-5-9-13-17-21-25-29-42-35-31(27-23-19-15-11-7-3)34(41-28-24-20-16-12-8-4)33(38)32(37(39)40)36(35)43-30-26-22-18-14-10-6-2/h38H,5-30H2,1-4H3,(H,39,40). The summed E-state index contributed by atoms with van der Waals surface area (Å²) in [5, 5.41) is 21.6. The van der Waals surface area contributed by atoms with E-state index in [2.05, 4.69) is 27.7 Å². The molecule has 0 atom stereocenters. The minimum atomic E-state index is -1.22. The van der Waals surface area contributed by atoms with E-state index >= 15 is 0 Å². The zero-order valence-corrected chi connectivity index (χ0v) is 28.4. The number of aromatic hydroxyl groups is 1. The molecule has 43 heavy (non-hydrogen) atoms. The normalized spacial score (nSPS) is 11.2. The van der Waals surface area contributed by atoms with Crippen molar-refractivity contribution in [2.24, 2.45) is 0 Å². The number of carboxylic acids is 1. The van der Waals surface area contributed by atoms with E-state index in [9.17, 15) is 15.0 Å². The van der Waals surface area contributed by atoms with Crippen molar-refractivity contribution < 1.29 is 29.2 Å². The summed E-state index contributed by atoms with van der Waals surface area (Å²) >= 11 is 0. The van der Waals surface area contributed by atoms with Crippen LogP contribution in [0.25, 0.3) is 0 Å². The molecule has 0 radical (unpaired) electrons. The minimum absolute atomic E-state index is 0.170. The number of carboxylic acid groups (broad SMARTS) is 1. The van der Waals surface area contributed by atoms with E-state index in [-0.39, 0.29) is 22.8 Å². The van der Waals surface area contributed by atoms with Crippen molar-refractivity contribution in [2.75, 3.05) is 19.8 Å². The first-order valence-corrected chi connectivity index (χ1v) is 18.1. The second-order valence-corrected chi connectivity index (χ2v) is 12.2. The third-order valence-electron chi connectivity index (χ3n) is 8.16. The highest BCUT2D eigenvalue weighted by Gasteiger charge is 2.31. The molecule has 0 aromatic heterocycles. The predicted molar refractivity (Wildman–Crippen MR) is 180 cm³/mol. The fourth-order valence-electron chi connectivity index (χ4n) is 5.49. The lowest BCUT2D eigenvalue weighted by Crippen LogP contribution is -2.13. The number of hydrogen-bond donors (Lipinski definition) is 2. The molecular weight excluding hydrogens is 540 g/mol. The van der Waals surface area contributed by atoms with Crippen LogP contribution >= 0.6 is 0 Å². The molecule has 0 aliphatic carbocycles. The highest BCUT2D eigenvalue weighted by molar-refractivity contribution is 5.97. The Morgan fingerprint density at radius 2 is 0.837 bits per heavy atom. The number of phenols is 1. The van der Waals surface area contributed by atoms with Crippen LogP contribution in [0, 0.1) is 0 Å². The zero-order chi connectivity index (χ0) is 31.5. The molecule has 2 N–H and O–H groups in total. The summed E-state index contributed by atoms with van der Waals surface area (Å²) < 4.78 is 18.9. The summed E-state index contributed by atoms with van der Waals surface area (Å²) in [5.41, 5.74) is 0.524. The van der Waals surface area contributed by atoms with Gasteiger partial charge in [0, 0.05) is 5.56 Å². The maximum Gasteiger partial charge on any atom is 0.343 e. The molecule has 0 aliphatic heterocycles. The Kier molecular flexibility index (Phi) is 23.8. The second kappa shape index (κ2) is 26.3. The Bertz CT molecular complexity index is 837. The molecule has 0 saturated carbocycles. The summed E-state index contributed by atoms with van der Waals surface area (Å²) in [5.74, 6) is -0.639. The molecule has 1 aromatic rings. The first-order valence-electron chi connectivity index (χ1n) is 18.1. The van der Waals surface area contributed by atoms with E-state index in [4.69, 9.17) is 14.2 Å². The Morgan fingerprint density at radius 1 is 0.488 bits per heavy atom. The summed E-state index contributed by atoms with van der Waals surface area (Å²) in [6, 6.07) is 0. The van der Waals surface area contributed by atoms with Crippen molar-refractivity contribution in [1.29, 1.82) is 0 Å². The van der Waals surface area contributed by atoms with Crippen LogP contribution in [0.2, 0.25) is 0 Å². The van der Waals surface area contributed by atoms with Crippen molar-refractivity contribution >= 4 is 5.97 Å². The molecule has 6 heteroatoms. The molecule has 0 amide bonds. The fourth-order valence-corrected chi connectivity index (χ4v) is 5.49. The second-order valence-electron chi connectivity index (χ2n) is 12.2. The van der Waals surface area contributed by atoms with Gasteiger partial charge in [-0.2, -0.15) is 0 Å². The highest BCUT2D eigenvalue weighted by atomic mass is 16.5. The highest BCUT2D eigenvalue weighted by Crippen LogP contribution is 2.49. The van der Waals surface area contributed by atoms with Gasteiger partial charge in [0.15, 0.2) is 28.6 Å². The Hall–Kier alpha value is -2.11. The average Bonchev–Trinajstić information content (AvgIpc) is 2.99. The van der Waals surface area contributed by atoms with Gasteiger partial charge in [-0.3, -0.25) is 0 Å². The third kappa shape index (κ3) is 16.5. The summed E-state index contributed by atoms with van der Waals surface area (Å²) in [6.07, 6.45) is 25.1. The Labute approximate surface area is 264 Å². The van der Waals surface area contributed by atoms with Crippen molar-refractivity contribution in [3.8, 4) is 23.0 Å². The lowest BCUT2D eigenvalue weighted by molar-refractivity contribution is 0.0686. The molecule has 0 fully saturated rings. The molecule has 1 aromatic carbocycles. The number of unbranched alkanes of at least 4 members (excludes halogenated alkanes) is 18. The lowest BCUT2D eigenvalue weighted by Gasteiger charge is -2.23. The summed E-state index contributed by atoms with van der Waals surface area (Å²) in [7, 11) is 0. The maximum atomic E-state index is 12.6. The molecule has 1 rings (SSSR count). The molecular formula is C37H66O6. The molecule has 0 spiro atoms. The van der Waals surface area contributed by atoms with Crippen LogP contribution in [-0.4, -0.2) is 36.0 Å². The smallest absolute Gasteiger partial charge is 0.343 e. The summed E-state index contributed by atoms with van der Waals surface area (Å²) in [4.78, 5) is 12.6. The van der Waals surface area contributed by atoms with Crippen molar-refractivity contribution in [1.82, 2.24) is 0 Å². The van der Waals surface area contributed by atoms with Gasteiger partial charge in [-0.25, -0.2) is 4.79 Å². The fraction of sp³-hybridized carbons (Fsp3) is 0.811. The number of hydrogen-bond acceptors (Lipinski definition) is 5. The van der Waals surface area contributed by atoms with Crippen LogP contribution in [0.15, 0.2) is 0 Å². The van der Waals surface area contributed by atoms with Crippen molar-refractivity contribution in [3.63, 3.8) is 0 Å². The van der Waals surface area contributed by atoms with Gasteiger partial charge >= 0.3 is 5.97 Å². The minimum Gasteiger partial charge on any atom is -0.504 e. The number of ether oxygens (including phenoxy) is 3. The number of rotatable bonds is 30. The maximum absolute atomic E-state index is 12.6. The van der Waals surface area contributed by atoms with Gasteiger partial charge in [-0.05, 0) is 32.1 Å². The molecule has 250 valence electrons. The van der Waals surface area contributed by atoms with E-state index in [1.54, 1.807) is 0 Å². The van der Waals surface area contributed by atoms with Gasteiger partial charge in [0.05, 0.1) is 19.8 Å². The third-order valence-corrected chi connectivity index (χ3v) is 8.16. The number of benzene rings is 1. The van der Waals surface area contributed by atoms with Gasteiger partial charge in [0.1, 0.15) is 0 Å². The first kappa shape index (κ1) is 38.9. The van der Waals surface area contributed by atoms with E-state index in [1.165, 1.54) is 70.6 Å². The van der Waals surface area contributed by atoms with Crippen molar-refractivity contribution in [3.05, 3.63) is 11.1 Å². The van der Waals surface area contributed by atoms with Gasteiger partial charge in [0.25, 0.3) is 0 Å². The summed E-state index contributed by atoms with van der Waals surface area (Å²) in [6.45, 7) is 10.1. The molecule has 6 nitrogen and oxygen atoms in total. The molecule has 0 bridgehead atoms. The number of aromatic carboxylic acids is 1. The van der Waals surface area contributed by atoms with Gasteiger partial charge in [-0.15, -0.1) is 0 Å². The molecule has 0 saturated heterocycles. The van der Waals surface area contributed by atoms with Crippen LogP contribution < -0.4 is 14.2 Å². The zero-order valence-electron chi connectivity index (χ0n) is 28.4. The van der Waals surface area contributed by atoms with E-state index in [0.717, 1.165) is 76.2 Å². The predicted octanol–water partition coefficient (Wildman–Crippen LogP) is 11.4. The van der Waals surface area contributed by atoms with Crippen LogP contribution in [0.5, 0.6) is 23.0 Å². The van der Waals surface area contributed by atoms with Gasteiger partial charge < -0.3 is 24.4 Å². The Balaban J connectivity index is 3.31. The lowest BCUT2D eigenvalue weighted by atomic mass is 9.99. The van der Waals surface area contributed by atoms with Crippen LogP contribution in [0.3, 0.4) is 0 Å². The average molecular weight is 607 g/mol. The molecule has 0 aliphatic rings. The van der Waals surface area contributed by atoms with E-state index in [0.29, 0.717) is 32.0 Å². The van der Waals surface area contributed by atoms with Gasteiger partial charge in [-0.1, -0.05) is 143 Å². The quantitative estimate of drug-likeness (QED) is 0.0847. The Morgan fingerprint density at radius 3 is 1.26 bits per heavy atom. The van der Waals surface area contributed by atoms with E-state index in [1.807, 2.05) is 0 Å². The number of carbonyl (C=O) groups is 1. The largest absolute Gasteiger partial charge is 0.504 e. The first-order chi connectivity index (χ1) is 21.0. The topological polar surface area (TPSA) is 85.2 Å². The molecule has 0 unspecified atom stereocenters. The van der Waals surface area contributed by atoms with E-state index < -0.39 is 5.97 Å². The van der Waals surface area contributed by atoms with Gasteiger partial charge in [0.2, 0.25) is 0 Å². The molecule has 0 heterocycles. The monoisotopic (exact) mass is 606 g/mol. The van der Waals surface area contributed by atoms with Crippen molar-refractivity contribution in [2.45, 2.75) is 175 Å². The SMILES string of the molecule is CCCCCCCCOc1c(CCCCCCC)c(OCCCCCCC)c(O)c(C(=O)O)c1OCCCCCCCC.